The number of nitrogens with zero attached hydrogens (tertiary/aromatic N) is 7. The van der Waals surface area contributed by atoms with E-state index in [9.17, 15) is 9.18 Å². The minimum absolute atomic E-state index is 0.0118. The molecule has 0 unspecified atom stereocenters. The Bertz CT molecular complexity index is 1510. The van der Waals surface area contributed by atoms with Crippen LogP contribution in [-0.2, 0) is 7.05 Å². The summed E-state index contributed by atoms with van der Waals surface area (Å²) in [5, 5.41) is 11.2. The number of aryl methyl sites for hydroxylation is 2. The van der Waals surface area contributed by atoms with Crippen LogP contribution < -0.4 is 5.32 Å². The fourth-order valence-corrected chi connectivity index (χ4v) is 3.58. The Morgan fingerprint density at radius 3 is 2.70 bits per heavy atom. The van der Waals surface area contributed by atoms with Crippen LogP contribution in [0.25, 0.3) is 28.3 Å². The first-order valence-electron chi connectivity index (χ1n) is 10.2. The predicted molar refractivity (Wildman–Crippen MR) is 120 cm³/mol. The average Bonchev–Trinajstić information content (AvgIpc) is 3.39. The molecule has 0 atom stereocenters. The van der Waals surface area contributed by atoms with Gasteiger partial charge in [-0.25, -0.2) is 23.9 Å². The fourth-order valence-electron chi connectivity index (χ4n) is 3.58. The number of benzene rings is 1. The lowest BCUT2D eigenvalue weighted by Crippen LogP contribution is -2.18. The number of pyridine rings is 1. The lowest BCUT2D eigenvalue weighted by atomic mass is 10.1. The summed E-state index contributed by atoms with van der Waals surface area (Å²) in [5.41, 5.74) is 4.22. The first kappa shape index (κ1) is 20.4. The number of hydrogen-bond donors (Lipinski definition) is 1. The van der Waals surface area contributed by atoms with Crippen molar-refractivity contribution in [3.63, 3.8) is 0 Å². The van der Waals surface area contributed by atoms with Crippen LogP contribution in [-0.4, -0.2) is 40.3 Å². The molecule has 9 nitrogen and oxygen atoms in total. The van der Waals surface area contributed by atoms with Gasteiger partial charge in [0.25, 0.3) is 5.91 Å². The van der Waals surface area contributed by atoms with E-state index in [1.807, 2.05) is 44.2 Å². The van der Waals surface area contributed by atoms with E-state index in [4.69, 9.17) is 0 Å². The van der Waals surface area contributed by atoms with Gasteiger partial charge in [0.15, 0.2) is 17.3 Å². The number of fused-ring (bicyclic) bond motifs is 1. The van der Waals surface area contributed by atoms with Crippen molar-refractivity contribution in [1.29, 1.82) is 0 Å². The molecule has 4 aromatic heterocycles. The van der Waals surface area contributed by atoms with E-state index in [0.717, 1.165) is 16.8 Å². The largest absolute Gasteiger partial charge is 0.318 e. The summed E-state index contributed by atoms with van der Waals surface area (Å²) in [6.45, 7) is 3.74. The molecular weight excluding hydrogens is 423 g/mol. The van der Waals surface area contributed by atoms with Crippen molar-refractivity contribution in [1.82, 2.24) is 34.3 Å². The minimum Gasteiger partial charge on any atom is -0.318 e. The molecule has 164 valence electrons. The van der Waals surface area contributed by atoms with Crippen molar-refractivity contribution in [2.75, 3.05) is 5.32 Å². The van der Waals surface area contributed by atoms with Gasteiger partial charge in [-0.2, -0.15) is 5.10 Å². The van der Waals surface area contributed by atoms with E-state index in [-0.39, 0.29) is 11.4 Å². The summed E-state index contributed by atoms with van der Waals surface area (Å²) < 4.78 is 17.6. The topological polar surface area (TPSA) is 103 Å². The molecule has 1 N–H and O–H groups in total. The summed E-state index contributed by atoms with van der Waals surface area (Å²) in [5.74, 6) is -0.702. The van der Waals surface area contributed by atoms with Gasteiger partial charge in [-0.1, -0.05) is 30.3 Å². The van der Waals surface area contributed by atoms with E-state index in [2.05, 4.69) is 30.5 Å². The quantitative estimate of drug-likeness (QED) is 0.456. The molecule has 1 aromatic carbocycles. The van der Waals surface area contributed by atoms with Gasteiger partial charge in [-0.15, -0.1) is 5.10 Å². The van der Waals surface area contributed by atoms with E-state index in [1.165, 1.54) is 27.8 Å². The molecule has 1 amide bonds. The third kappa shape index (κ3) is 3.61. The van der Waals surface area contributed by atoms with Crippen LogP contribution in [0.3, 0.4) is 0 Å². The molecule has 4 heterocycles. The van der Waals surface area contributed by atoms with Gasteiger partial charge >= 0.3 is 0 Å². The van der Waals surface area contributed by atoms with Crippen molar-refractivity contribution in [2.45, 2.75) is 13.8 Å². The summed E-state index contributed by atoms with van der Waals surface area (Å²) >= 11 is 0. The number of aromatic nitrogens is 7. The Hall–Kier alpha value is -4.47. The summed E-state index contributed by atoms with van der Waals surface area (Å²) in [6, 6.07) is 10.8. The number of anilines is 1. The van der Waals surface area contributed by atoms with Crippen molar-refractivity contribution in [3.05, 3.63) is 77.9 Å². The summed E-state index contributed by atoms with van der Waals surface area (Å²) in [6.07, 6.45) is 4.19. The molecule has 0 saturated heterocycles. The van der Waals surface area contributed by atoms with Gasteiger partial charge < -0.3 is 5.32 Å². The van der Waals surface area contributed by atoms with Crippen LogP contribution in [0.15, 0.2) is 55.1 Å². The van der Waals surface area contributed by atoms with Crippen LogP contribution in [0.5, 0.6) is 0 Å². The Balaban J connectivity index is 1.51. The minimum atomic E-state index is -0.641. The number of carbonyl (C=O) groups excluding carboxylic acids is 1. The maximum Gasteiger partial charge on any atom is 0.274 e. The molecule has 0 fully saturated rings. The number of rotatable bonds is 4. The molecule has 0 aliphatic heterocycles. The highest BCUT2D eigenvalue weighted by Gasteiger charge is 2.22. The van der Waals surface area contributed by atoms with Crippen LogP contribution in [0.2, 0.25) is 0 Å². The van der Waals surface area contributed by atoms with Gasteiger partial charge in [0.2, 0.25) is 0 Å². The molecule has 0 bridgehead atoms. The molecule has 5 rings (SSSR count). The first-order valence-corrected chi connectivity index (χ1v) is 10.2. The number of carbonyl (C=O) groups is 1. The number of nitrogens with one attached hydrogen (secondary N) is 1. The monoisotopic (exact) mass is 442 g/mol. The standard InChI is InChI=1S/C23H19FN8O/c1-13-14(2)25-12-26-20(13)16-10-27-31(3)21(16)23(33)28-18-9-19-29-22(15-7-5-4-6-8-15)30-32(19)11-17(18)24/h4-12H,1-3H3,(H,28,33). The fraction of sp³-hybridized carbons (Fsp3) is 0.130. The second kappa shape index (κ2) is 7.90. The number of halogens is 1. The van der Waals surface area contributed by atoms with E-state index >= 15 is 0 Å². The Kier molecular flexibility index (Phi) is 4.89. The van der Waals surface area contributed by atoms with Crippen molar-refractivity contribution < 1.29 is 9.18 Å². The average molecular weight is 442 g/mol. The zero-order valence-corrected chi connectivity index (χ0v) is 18.1. The molecule has 0 radical (unpaired) electrons. The number of hydrogen-bond acceptors (Lipinski definition) is 6. The zero-order chi connectivity index (χ0) is 23.1. The second-order valence-corrected chi connectivity index (χ2v) is 7.56. The van der Waals surface area contributed by atoms with E-state index in [0.29, 0.717) is 22.7 Å². The van der Waals surface area contributed by atoms with Gasteiger partial charge in [0.05, 0.1) is 29.3 Å². The van der Waals surface area contributed by atoms with Gasteiger partial charge in [-0.3, -0.25) is 9.48 Å². The highest BCUT2D eigenvalue weighted by atomic mass is 19.1. The number of amides is 1. The third-order valence-electron chi connectivity index (χ3n) is 5.45. The predicted octanol–water partition coefficient (Wildman–Crippen LogP) is 3.60. The van der Waals surface area contributed by atoms with Crippen LogP contribution >= 0.6 is 0 Å². The van der Waals surface area contributed by atoms with Crippen LogP contribution in [0, 0.1) is 19.7 Å². The molecule has 0 spiro atoms. The molecular formula is C23H19FN8O. The third-order valence-corrected chi connectivity index (χ3v) is 5.45. The van der Waals surface area contributed by atoms with E-state index < -0.39 is 11.7 Å². The summed E-state index contributed by atoms with van der Waals surface area (Å²) in [7, 11) is 1.64. The molecule has 0 aliphatic rings. The van der Waals surface area contributed by atoms with Crippen molar-refractivity contribution in [2.24, 2.45) is 7.05 Å². The van der Waals surface area contributed by atoms with Gasteiger partial charge in [0.1, 0.15) is 12.0 Å². The maximum atomic E-state index is 14.8. The smallest absolute Gasteiger partial charge is 0.274 e. The Morgan fingerprint density at radius 2 is 1.91 bits per heavy atom. The lowest BCUT2D eigenvalue weighted by molar-refractivity contribution is 0.101. The molecule has 0 aliphatic carbocycles. The Morgan fingerprint density at radius 1 is 1.12 bits per heavy atom. The first-order chi connectivity index (χ1) is 15.9. The zero-order valence-electron chi connectivity index (χ0n) is 18.1. The SMILES string of the molecule is Cc1ncnc(-c2cnn(C)c2C(=O)Nc2cc3nc(-c4ccccc4)nn3cc2F)c1C. The van der Waals surface area contributed by atoms with Gasteiger partial charge in [0, 0.05) is 24.4 Å². The van der Waals surface area contributed by atoms with E-state index in [1.54, 1.807) is 13.2 Å². The molecule has 5 aromatic rings. The Labute approximate surface area is 188 Å². The normalized spacial score (nSPS) is 11.2. The van der Waals surface area contributed by atoms with Gasteiger partial charge in [-0.05, 0) is 19.4 Å². The highest BCUT2D eigenvalue weighted by molar-refractivity contribution is 6.07. The lowest BCUT2D eigenvalue weighted by Gasteiger charge is -2.10. The van der Waals surface area contributed by atoms with Crippen molar-refractivity contribution >= 4 is 17.2 Å². The van der Waals surface area contributed by atoms with Crippen molar-refractivity contribution in [3.8, 4) is 22.6 Å². The molecule has 33 heavy (non-hydrogen) atoms. The maximum absolute atomic E-state index is 14.8. The second-order valence-electron chi connectivity index (χ2n) is 7.56. The van der Waals surface area contributed by atoms with Crippen LogP contribution in [0.1, 0.15) is 21.7 Å². The molecule has 0 saturated carbocycles. The molecule has 10 heteroatoms. The summed E-state index contributed by atoms with van der Waals surface area (Å²) in [4.78, 5) is 26.1. The highest BCUT2D eigenvalue weighted by Crippen LogP contribution is 2.27. The van der Waals surface area contributed by atoms with Crippen LogP contribution in [0.4, 0.5) is 10.1 Å².